The molecule has 7 heavy (non-hydrogen) atoms. The third-order valence-corrected chi connectivity index (χ3v) is 3.90. The molecule has 0 aromatic carbocycles. The van der Waals surface area contributed by atoms with Crippen LogP contribution in [0.25, 0.3) is 0 Å². The van der Waals surface area contributed by atoms with Crippen molar-refractivity contribution in [3.63, 3.8) is 0 Å². The van der Waals surface area contributed by atoms with Crippen LogP contribution in [0.4, 0.5) is 0 Å². The molecule has 0 spiro atoms. The maximum atomic E-state index is 5.59. The molecule has 0 saturated heterocycles. The summed E-state index contributed by atoms with van der Waals surface area (Å²) in [6, 6.07) is 0. The Bertz CT molecular complexity index is 77.8. The van der Waals surface area contributed by atoms with Crippen LogP contribution in [0.1, 0.15) is 0 Å². The number of hydrogen-bond donors (Lipinski definition) is 0. The van der Waals surface area contributed by atoms with E-state index in [4.69, 9.17) is 23.2 Å². The van der Waals surface area contributed by atoms with E-state index in [0.29, 0.717) is 0 Å². The highest BCUT2D eigenvalue weighted by Gasteiger charge is 1.96. The Balaban J connectivity index is 3.56. The first-order valence-electron chi connectivity index (χ1n) is 2.14. The summed E-state index contributed by atoms with van der Waals surface area (Å²) in [5.74, 6) is 0. The molecule has 0 aliphatic carbocycles. The van der Waals surface area contributed by atoms with Gasteiger partial charge >= 0.3 is 0 Å². The fourth-order valence-corrected chi connectivity index (χ4v) is 1.13. The summed E-state index contributed by atoms with van der Waals surface area (Å²) < 4.78 is 0.849. The van der Waals surface area contributed by atoms with Crippen molar-refractivity contribution >= 4 is 32.0 Å². The minimum absolute atomic E-state index is 0.770. The summed E-state index contributed by atoms with van der Waals surface area (Å²) in [6.45, 7) is 4.25. The molecule has 0 saturated carbocycles. The van der Waals surface area contributed by atoms with Gasteiger partial charge in [0, 0.05) is 10.2 Å². The first kappa shape index (κ1) is 7.54. The fraction of sp³-hybridized carbons (Fsp3) is 0.500. The number of hydrogen-bond acceptors (Lipinski definition) is 0. The van der Waals surface area contributed by atoms with E-state index in [1.165, 1.54) is 5.54 Å². The Labute approximate surface area is 55.7 Å². The Morgan fingerprint density at radius 1 is 1.57 bits per heavy atom. The van der Waals surface area contributed by atoms with Gasteiger partial charge in [0.1, 0.15) is 0 Å². The van der Waals surface area contributed by atoms with Gasteiger partial charge in [-0.15, -0.1) is 0 Å². The van der Waals surface area contributed by atoms with Crippen LogP contribution >= 0.6 is 23.2 Å². The lowest BCUT2D eigenvalue weighted by atomic mass is 11.2. The summed E-state index contributed by atoms with van der Waals surface area (Å²) in [5.41, 5.74) is 1.46. The van der Waals surface area contributed by atoms with E-state index >= 15 is 0 Å². The van der Waals surface area contributed by atoms with Gasteiger partial charge in [-0.1, -0.05) is 36.3 Å². The topological polar surface area (TPSA) is 0 Å². The lowest BCUT2D eigenvalue weighted by Gasteiger charge is -1.94. The van der Waals surface area contributed by atoms with Crippen molar-refractivity contribution < 1.29 is 0 Å². The second-order valence-electron chi connectivity index (χ2n) is 1.65. The maximum Gasteiger partial charge on any atom is 0.0805 e. The van der Waals surface area contributed by atoms with Crippen LogP contribution < -0.4 is 0 Å². The molecule has 0 aromatic heterocycles. The number of rotatable bonds is 1. The van der Waals surface area contributed by atoms with Crippen LogP contribution in [0.5, 0.6) is 0 Å². The second-order valence-corrected chi connectivity index (χ2v) is 5.60. The lowest BCUT2D eigenvalue weighted by molar-refractivity contribution is 1.96. The molecule has 3 heteroatoms. The summed E-state index contributed by atoms with van der Waals surface area (Å²) in [7, 11) is -0.770. The predicted octanol–water partition coefficient (Wildman–Crippen LogP) is 2.33. The third-order valence-electron chi connectivity index (χ3n) is 0.656. The van der Waals surface area contributed by atoms with Crippen LogP contribution in [-0.2, 0) is 0 Å². The van der Waals surface area contributed by atoms with Gasteiger partial charge in [0.05, 0.1) is 8.80 Å². The summed E-state index contributed by atoms with van der Waals surface area (Å²) >= 11 is 10.9. The molecule has 0 N–H and O–H groups in total. The van der Waals surface area contributed by atoms with Crippen molar-refractivity contribution in [2.75, 3.05) is 0 Å². The van der Waals surface area contributed by atoms with Crippen molar-refractivity contribution in [3.05, 3.63) is 10.2 Å². The van der Waals surface area contributed by atoms with Gasteiger partial charge in [-0.2, -0.15) is 0 Å². The standard InChI is InChI=1S/C4H8Cl2Si/c1-7(2)4(6)3-5/h3,7H,1-2H3. The average molecular weight is 155 g/mol. The predicted molar refractivity (Wildman–Crippen MR) is 38.7 cm³/mol. The largest absolute Gasteiger partial charge is 0.0937 e. The summed E-state index contributed by atoms with van der Waals surface area (Å²) in [4.78, 5) is 0. The highest BCUT2D eigenvalue weighted by Crippen LogP contribution is 2.06. The molecule has 0 unspecified atom stereocenters. The molecule has 0 rings (SSSR count). The third kappa shape index (κ3) is 3.15. The molecular formula is C4H8Cl2Si. The van der Waals surface area contributed by atoms with Crippen molar-refractivity contribution in [1.82, 2.24) is 0 Å². The fourth-order valence-electron chi connectivity index (χ4n) is 0.126. The van der Waals surface area contributed by atoms with Gasteiger partial charge in [-0.25, -0.2) is 0 Å². The van der Waals surface area contributed by atoms with E-state index in [1.54, 1.807) is 0 Å². The normalized spacial score (nSPS) is 13.0. The van der Waals surface area contributed by atoms with Crippen LogP contribution in [0.15, 0.2) is 10.2 Å². The van der Waals surface area contributed by atoms with Gasteiger partial charge in [-0.3, -0.25) is 0 Å². The Morgan fingerprint density at radius 3 is 2.00 bits per heavy atom. The number of halogens is 2. The van der Waals surface area contributed by atoms with Crippen LogP contribution in [-0.4, -0.2) is 8.80 Å². The second kappa shape index (κ2) is 3.53. The molecule has 0 aromatic rings. The molecule has 0 aliphatic heterocycles. The van der Waals surface area contributed by atoms with E-state index < -0.39 is 8.80 Å². The van der Waals surface area contributed by atoms with Gasteiger partial charge in [0.2, 0.25) is 0 Å². The minimum Gasteiger partial charge on any atom is -0.0937 e. The van der Waals surface area contributed by atoms with Crippen LogP contribution in [0.3, 0.4) is 0 Å². The molecule has 42 valence electrons. The first-order valence-corrected chi connectivity index (χ1v) is 5.84. The molecule has 0 aliphatic rings. The van der Waals surface area contributed by atoms with E-state index in [2.05, 4.69) is 13.1 Å². The van der Waals surface area contributed by atoms with Crippen molar-refractivity contribution in [3.8, 4) is 0 Å². The summed E-state index contributed by atoms with van der Waals surface area (Å²) in [6.07, 6.45) is 0. The molecule has 0 radical (unpaired) electrons. The first-order chi connectivity index (χ1) is 3.18. The highest BCUT2D eigenvalue weighted by molar-refractivity contribution is 6.77. The smallest absolute Gasteiger partial charge is 0.0805 e. The monoisotopic (exact) mass is 154 g/mol. The van der Waals surface area contributed by atoms with E-state index in [-0.39, 0.29) is 0 Å². The molecule has 0 nitrogen and oxygen atoms in total. The quantitative estimate of drug-likeness (QED) is 0.510. The van der Waals surface area contributed by atoms with Gasteiger partial charge in [0.25, 0.3) is 0 Å². The minimum atomic E-state index is -0.770. The van der Waals surface area contributed by atoms with Crippen molar-refractivity contribution in [2.24, 2.45) is 0 Å². The SMILES string of the molecule is C[SiH](C)C(Cl)=CCl. The highest BCUT2D eigenvalue weighted by atomic mass is 35.5. The molecule has 0 fully saturated rings. The Morgan fingerprint density at radius 2 is 2.00 bits per heavy atom. The molecule has 0 atom stereocenters. The van der Waals surface area contributed by atoms with E-state index in [0.717, 1.165) is 4.66 Å². The van der Waals surface area contributed by atoms with Crippen LogP contribution in [0.2, 0.25) is 13.1 Å². The average Bonchev–Trinajstić information content (AvgIpc) is 1.65. The zero-order valence-corrected chi connectivity index (χ0v) is 7.08. The van der Waals surface area contributed by atoms with E-state index in [9.17, 15) is 0 Å². The Hall–Kier alpha value is 0.537. The molecular weight excluding hydrogens is 147 g/mol. The van der Waals surface area contributed by atoms with Gasteiger partial charge < -0.3 is 0 Å². The molecule has 0 heterocycles. The zero-order chi connectivity index (χ0) is 5.86. The van der Waals surface area contributed by atoms with Gasteiger partial charge in [-0.05, 0) is 0 Å². The lowest BCUT2D eigenvalue weighted by Crippen LogP contribution is -1.97. The van der Waals surface area contributed by atoms with Crippen LogP contribution in [0, 0.1) is 0 Å². The Kier molecular flexibility index (Phi) is 3.80. The molecule has 0 amide bonds. The van der Waals surface area contributed by atoms with Gasteiger partial charge in [0.15, 0.2) is 0 Å². The maximum absolute atomic E-state index is 5.59. The molecule has 0 bridgehead atoms. The van der Waals surface area contributed by atoms with E-state index in [1.807, 2.05) is 0 Å². The van der Waals surface area contributed by atoms with Crippen molar-refractivity contribution in [1.29, 1.82) is 0 Å². The zero-order valence-electron chi connectivity index (χ0n) is 4.41. The van der Waals surface area contributed by atoms with Crippen molar-refractivity contribution in [2.45, 2.75) is 13.1 Å². The summed E-state index contributed by atoms with van der Waals surface area (Å²) in [5, 5.41) is 0.